The predicted molar refractivity (Wildman–Crippen MR) is 78.9 cm³/mol. The van der Waals surface area contributed by atoms with Gasteiger partial charge in [-0.3, -0.25) is 10.2 Å². The van der Waals surface area contributed by atoms with Gasteiger partial charge in [-0.15, -0.1) is 11.3 Å². The molecule has 0 aliphatic heterocycles. The summed E-state index contributed by atoms with van der Waals surface area (Å²) in [6.07, 6.45) is 1.61. The molecule has 0 saturated carbocycles. The van der Waals surface area contributed by atoms with E-state index in [0.29, 0.717) is 16.7 Å². The Labute approximate surface area is 119 Å². The summed E-state index contributed by atoms with van der Waals surface area (Å²) in [6.45, 7) is -0.156. The van der Waals surface area contributed by atoms with E-state index in [1.165, 1.54) is 11.3 Å². The molecule has 0 spiro atoms. The molecule has 1 amide bonds. The molecule has 1 aromatic carbocycles. The molecule has 0 aliphatic rings. The van der Waals surface area contributed by atoms with Crippen LogP contribution in [0.1, 0.15) is 5.56 Å². The van der Waals surface area contributed by atoms with Gasteiger partial charge in [0.1, 0.15) is 11.6 Å². The number of nitrogens with zero attached hydrogens (tertiary/aromatic N) is 2. The number of rotatable bonds is 6. The molecule has 1 heterocycles. The Morgan fingerprint density at radius 2 is 2.40 bits per heavy atom. The van der Waals surface area contributed by atoms with Crippen LogP contribution in [0.25, 0.3) is 0 Å². The summed E-state index contributed by atoms with van der Waals surface area (Å²) >= 11 is 1.36. The predicted octanol–water partition coefficient (Wildman–Crippen LogP) is 1.04. The van der Waals surface area contributed by atoms with Crippen molar-refractivity contribution in [3.63, 3.8) is 0 Å². The number of carbonyl (C=O) groups excluding carboxylic acids is 1. The number of nitrogens with one attached hydrogen (secondary N) is 1. The summed E-state index contributed by atoms with van der Waals surface area (Å²) in [4.78, 5) is 14.6. The molecular formula is C12H13N5O2S. The van der Waals surface area contributed by atoms with E-state index in [9.17, 15) is 4.79 Å². The minimum atomic E-state index is -0.521. The van der Waals surface area contributed by atoms with Gasteiger partial charge in [-0.05, 0) is 17.7 Å². The standard InChI is InChI=1S/C12H13N5O2S/c13-10-7-20-12(16-10)17-15-5-8-2-1-3-9(4-8)19-6-11(14)18/h1-5,7H,6,13H2,(H2,14,18)(H,16,17). The number of hydrogen-bond acceptors (Lipinski definition) is 7. The second-order valence-corrected chi connectivity index (χ2v) is 4.63. The van der Waals surface area contributed by atoms with Gasteiger partial charge in [0.25, 0.3) is 5.91 Å². The van der Waals surface area contributed by atoms with E-state index in [4.69, 9.17) is 16.2 Å². The van der Waals surface area contributed by atoms with Crippen LogP contribution in [0.15, 0.2) is 34.7 Å². The number of carbonyl (C=O) groups is 1. The maximum Gasteiger partial charge on any atom is 0.255 e. The zero-order valence-corrected chi connectivity index (χ0v) is 11.3. The molecule has 2 aromatic rings. The maximum atomic E-state index is 10.6. The number of hydrazone groups is 1. The van der Waals surface area contributed by atoms with Crippen molar-refractivity contribution >= 4 is 34.4 Å². The molecule has 0 fully saturated rings. The number of aromatic nitrogens is 1. The lowest BCUT2D eigenvalue weighted by Gasteiger charge is -2.03. The van der Waals surface area contributed by atoms with Crippen LogP contribution in [0, 0.1) is 0 Å². The van der Waals surface area contributed by atoms with Crippen LogP contribution in [0.5, 0.6) is 5.75 Å². The third-order valence-corrected chi connectivity index (χ3v) is 2.90. The molecule has 5 N–H and O–H groups in total. The Bertz CT molecular complexity index is 626. The number of anilines is 2. The molecule has 0 radical (unpaired) electrons. The highest BCUT2D eigenvalue weighted by atomic mass is 32.1. The fourth-order valence-electron chi connectivity index (χ4n) is 1.34. The SMILES string of the molecule is NC(=O)COc1cccc(C=NNc2nc(N)cs2)c1. The van der Waals surface area contributed by atoms with Crippen LogP contribution < -0.4 is 21.6 Å². The smallest absolute Gasteiger partial charge is 0.255 e. The molecule has 1 aromatic heterocycles. The van der Waals surface area contributed by atoms with Crippen molar-refractivity contribution in [3.05, 3.63) is 35.2 Å². The first-order chi connectivity index (χ1) is 9.63. The summed E-state index contributed by atoms with van der Waals surface area (Å²) in [5, 5.41) is 6.36. The third-order valence-electron chi connectivity index (χ3n) is 2.13. The lowest BCUT2D eigenvalue weighted by atomic mass is 10.2. The highest BCUT2D eigenvalue weighted by Gasteiger charge is 1.98. The Hall–Kier alpha value is -2.61. The van der Waals surface area contributed by atoms with Gasteiger partial charge in [0, 0.05) is 5.38 Å². The molecule has 0 atom stereocenters. The van der Waals surface area contributed by atoms with Gasteiger partial charge in [0.05, 0.1) is 6.21 Å². The minimum absolute atomic E-state index is 0.156. The summed E-state index contributed by atoms with van der Waals surface area (Å²) in [5.74, 6) is 0.480. The second kappa shape index (κ2) is 6.53. The van der Waals surface area contributed by atoms with E-state index >= 15 is 0 Å². The van der Waals surface area contributed by atoms with Crippen molar-refractivity contribution < 1.29 is 9.53 Å². The lowest BCUT2D eigenvalue weighted by molar-refractivity contribution is -0.119. The minimum Gasteiger partial charge on any atom is -0.484 e. The van der Waals surface area contributed by atoms with E-state index < -0.39 is 5.91 Å². The average Bonchev–Trinajstić information content (AvgIpc) is 2.83. The van der Waals surface area contributed by atoms with E-state index in [2.05, 4.69) is 15.5 Å². The van der Waals surface area contributed by atoms with Crippen LogP contribution >= 0.6 is 11.3 Å². The van der Waals surface area contributed by atoms with E-state index in [-0.39, 0.29) is 6.61 Å². The van der Waals surface area contributed by atoms with Gasteiger partial charge in [0.2, 0.25) is 5.13 Å². The summed E-state index contributed by atoms with van der Waals surface area (Å²) in [7, 11) is 0. The molecule has 0 unspecified atom stereocenters. The van der Waals surface area contributed by atoms with Crippen LogP contribution in [0.3, 0.4) is 0 Å². The number of primary amides is 1. The van der Waals surface area contributed by atoms with Gasteiger partial charge in [-0.2, -0.15) is 5.10 Å². The molecular weight excluding hydrogens is 278 g/mol. The number of ether oxygens (including phenoxy) is 1. The monoisotopic (exact) mass is 291 g/mol. The Morgan fingerprint density at radius 3 is 3.10 bits per heavy atom. The van der Waals surface area contributed by atoms with Crippen molar-refractivity contribution in [2.45, 2.75) is 0 Å². The fraction of sp³-hybridized carbons (Fsp3) is 0.0833. The second-order valence-electron chi connectivity index (χ2n) is 3.78. The Balaban J connectivity index is 1.95. The van der Waals surface area contributed by atoms with E-state index in [1.54, 1.807) is 29.8 Å². The summed E-state index contributed by atoms with van der Waals surface area (Å²) in [5.41, 5.74) is 14.1. The molecule has 20 heavy (non-hydrogen) atoms. The largest absolute Gasteiger partial charge is 0.484 e. The van der Waals surface area contributed by atoms with Gasteiger partial charge < -0.3 is 16.2 Å². The normalized spacial score (nSPS) is 10.6. The fourth-order valence-corrected chi connectivity index (χ4v) is 1.89. The quantitative estimate of drug-likeness (QED) is 0.543. The maximum absolute atomic E-state index is 10.6. The molecule has 2 rings (SSSR count). The molecule has 0 aliphatic carbocycles. The zero-order valence-electron chi connectivity index (χ0n) is 10.4. The van der Waals surface area contributed by atoms with Crippen molar-refractivity contribution in [3.8, 4) is 5.75 Å². The summed E-state index contributed by atoms with van der Waals surface area (Å²) < 4.78 is 5.19. The number of thiazole rings is 1. The number of hydrogen-bond donors (Lipinski definition) is 3. The number of nitrogen functional groups attached to an aromatic ring is 1. The number of amides is 1. The van der Waals surface area contributed by atoms with Gasteiger partial charge in [0.15, 0.2) is 6.61 Å². The number of nitrogens with two attached hydrogens (primary N) is 2. The van der Waals surface area contributed by atoms with Crippen LogP contribution in [-0.4, -0.2) is 23.7 Å². The topological polar surface area (TPSA) is 116 Å². The molecule has 0 saturated heterocycles. The van der Waals surface area contributed by atoms with Crippen LogP contribution in [0.2, 0.25) is 0 Å². The van der Waals surface area contributed by atoms with E-state index in [0.717, 1.165) is 5.56 Å². The highest BCUT2D eigenvalue weighted by Crippen LogP contribution is 2.16. The first-order valence-electron chi connectivity index (χ1n) is 5.65. The third kappa shape index (κ3) is 4.25. The van der Waals surface area contributed by atoms with Crippen LogP contribution in [0.4, 0.5) is 10.9 Å². The average molecular weight is 291 g/mol. The Kier molecular flexibility index (Phi) is 4.51. The zero-order chi connectivity index (χ0) is 14.4. The summed E-state index contributed by atoms with van der Waals surface area (Å²) in [6, 6.07) is 7.11. The van der Waals surface area contributed by atoms with Crippen LogP contribution in [-0.2, 0) is 4.79 Å². The first kappa shape index (κ1) is 13.8. The molecule has 7 nitrogen and oxygen atoms in total. The van der Waals surface area contributed by atoms with Gasteiger partial charge in [-0.1, -0.05) is 12.1 Å². The lowest BCUT2D eigenvalue weighted by Crippen LogP contribution is -2.20. The van der Waals surface area contributed by atoms with E-state index in [1.807, 2.05) is 6.07 Å². The highest BCUT2D eigenvalue weighted by molar-refractivity contribution is 7.14. The van der Waals surface area contributed by atoms with Crippen molar-refractivity contribution in [2.75, 3.05) is 17.8 Å². The van der Waals surface area contributed by atoms with Crippen molar-refractivity contribution in [1.82, 2.24) is 4.98 Å². The molecule has 104 valence electrons. The van der Waals surface area contributed by atoms with Gasteiger partial charge >= 0.3 is 0 Å². The Morgan fingerprint density at radius 1 is 1.55 bits per heavy atom. The van der Waals surface area contributed by atoms with Crippen molar-refractivity contribution in [2.24, 2.45) is 10.8 Å². The first-order valence-corrected chi connectivity index (χ1v) is 6.53. The van der Waals surface area contributed by atoms with Crippen molar-refractivity contribution in [1.29, 1.82) is 0 Å². The molecule has 0 bridgehead atoms. The van der Waals surface area contributed by atoms with Gasteiger partial charge in [-0.25, -0.2) is 4.98 Å². The molecule has 8 heteroatoms. The number of benzene rings is 1.